The van der Waals surface area contributed by atoms with Gasteiger partial charge in [-0.2, -0.15) is 15.2 Å². The number of ether oxygens (including phenoxy) is 1. The molecule has 8 heteroatoms. The van der Waals surface area contributed by atoms with Crippen molar-refractivity contribution in [1.29, 1.82) is 5.26 Å². The van der Waals surface area contributed by atoms with E-state index < -0.39 is 0 Å². The maximum absolute atomic E-state index is 12.5. The van der Waals surface area contributed by atoms with Crippen molar-refractivity contribution in [1.82, 2.24) is 24.9 Å². The lowest BCUT2D eigenvalue weighted by molar-refractivity contribution is 0.0154. The average molecular weight is 346 g/mol. The van der Waals surface area contributed by atoms with Gasteiger partial charge in [-0.1, -0.05) is 18.2 Å². The van der Waals surface area contributed by atoms with Gasteiger partial charge in [-0.3, -0.25) is 4.79 Å². The van der Waals surface area contributed by atoms with Crippen LogP contribution in [0, 0.1) is 11.3 Å². The summed E-state index contributed by atoms with van der Waals surface area (Å²) in [5.41, 5.74) is 1.45. The Kier molecular flexibility index (Phi) is 4.03. The number of carbonyl (C=O) groups excluding carboxylic acids is 1. The molecule has 3 aromatic rings. The first-order valence-corrected chi connectivity index (χ1v) is 8.03. The second-order valence-corrected chi connectivity index (χ2v) is 5.77. The molecular weight excluding hydrogens is 332 g/mol. The van der Waals surface area contributed by atoms with Crippen molar-refractivity contribution in [3.8, 4) is 17.6 Å². The SMILES string of the molecule is N#Cc1cccnc1OC1CN(C(=O)c2cnn(-c3ccccc3)n2)C1. The van der Waals surface area contributed by atoms with E-state index in [1.807, 2.05) is 36.4 Å². The van der Waals surface area contributed by atoms with E-state index in [2.05, 4.69) is 15.2 Å². The Morgan fingerprint density at radius 3 is 2.77 bits per heavy atom. The first-order chi connectivity index (χ1) is 12.7. The topological polar surface area (TPSA) is 96.9 Å². The summed E-state index contributed by atoms with van der Waals surface area (Å²) in [7, 11) is 0. The van der Waals surface area contributed by atoms with Gasteiger partial charge in [0, 0.05) is 6.20 Å². The minimum Gasteiger partial charge on any atom is -0.470 e. The molecule has 2 aromatic heterocycles. The van der Waals surface area contributed by atoms with Gasteiger partial charge < -0.3 is 9.64 Å². The number of aromatic nitrogens is 4. The molecule has 0 spiro atoms. The van der Waals surface area contributed by atoms with Crippen molar-refractivity contribution >= 4 is 5.91 Å². The Morgan fingerprint density at radius 2 is 2.00 bits per heavy atom. The predicted molar refractivity (Wildman–Crippen MR) is 90.6 cm³/mol. The molecular formula is C18H14N6O2. The first kappa shape index (κ1) is 15.8. The summed E-state index contributed by atoms with van der Waals surface area (Å²) in [6.07, 6.45) is 2.83. The normalized spacial score (nSPS) is 13.7. The molecule has 8 nitrogen and oxygen atoms in total. The lowest BCUT2D eigenvalue weighted by Crippen LogP contribution is -2.56. The van der Waals surface area contributed by atoms with Crippen LogP contribution in [0.5, 0.6) is 5.88 Å². The van der Waals surface area contributed by atoms with Gasteiger partial charge in [0.15, 0.2) is 5.69 Å². The second-order valence-electron chi connectivity index (χ2n) is 5.77. The van der Waals surface area contributed by atoms with Crippen molar-refractivity contribution in [2.75, 3.05) is 13.1 Å². The molecule has 1 fully saturated rings. The van der Waals surface area contributed by atoms with Crippen LogP contribution in [0.1, 0.15) is 16.1 Å². The van der Waals surface area contributed by atoms with Gasteiger partial charge in [0.1, 0.15) is 17.7 Å². The highest BCUT2D eigenvalue weighted by Crippen LogP contribution is 2.20. The van der Waals surface area contributed by atoms with Crippen LogP contribution in [0.4, 0.5) is 0 Å². The van der Waals surface area contributed by atoms with Gasteiger partial charge in [0.05, 0.1) is 25.0 Å². The van der Waals surface area contributed by atoms with Crippen LogP contribution in [0.3, 0.4) is 0 Å². The van der Waals surface area contributed by atoms with Crippen molar-refractivity contribution in [3.05, 3.63) is 66.1 Å². The Hall–Kier alpha value is -3.73. The zero-order valence-corrected chi connectivity index (χ0v) is 13.7. The largest absolute Gasteiger partial charge is 0.470 e. The van der Waals surface area contributed by atoms with Crippen LogP contribution in [0.2, 0.25) is 0 Å². The number of likely N-dealkylation sites (tertiary alicyclic amines) is 1. The smallest absolute Gasteiger partial charge is 0.276 e. The molecule has 1 aliphatic rings. The molecule has 4 rings (SSSR count). The van der Waals surface area contributed by atoms with Gasteiger partial charge in [-0.15, -0.1) is 5.10 Å². The van der Waals surface area contributed by atoms with E-state index >= 15 is 0 Å². The molecule has 1 aliphatic heterocycles. The molecule has 0 bridgehead atoms. The number of nitriles is 1. The Balaban J connectivity index is 1.38. The van der Waals surface area contributed by atoms with E-state index in [1.54, 1.807) is 23.2 Å². The fraction of sp³-hybridized carbons (Fsp3) is 0.167. The lowest BCUT2D eigenvalue weighted by atomic mass is 10.1. The highest BCUT2D eigenvalue weighted by atomic mass is 16.5. The van der Waals surface area contributed by atoms with E-state index in [4.69, 9.17) is 10.00 Å². The first-order valence-electron chi connectivity index (χ1n) is 8.03. The monoisotopic (exact) mass is 346 g/mol. The molecule has 0 radical (unpaired) electrons. The fourth-order valence-corrected chi connectivity index (χ4v) is 2.61. The third-order valence-corrected chi connectivity index (χ3v) is 4.00. The number of hydrogen-bond donors (Lipinski definition) is 0. The molecule has 1 saturated heterocycles. The van der Waals surface area contributed by atoms with Crippen LogP contribution in [-0.4, -0.2) is 50.0 Å². The molecule has 3 heterocycles. The number of carbonyl (C=O) groups is 1. The minimum atomic E-state index is -0.200. The van der Waals surface area contributed by atoms with Gasteiger partial charge in [-0.25, -0.2) is 4.98 Å². The Morgan fingerprint density at radius 1 is 1.19 bits per heavy atom. The molecule has 0 atom stereocenters. The number of nitrogens with zero attached hydrogens (tertiary/aromatic N) is 6. The number of pyridine rings is 1. The second kappa shape index (κ2) is 6.64. The van der Waals surface area contributed by atoms with Crippen LogP contribution in [-0.2, 0) is 0 Å². The third-order valence-electron chi connectivity index (χ3n) is 4.00. The molecule has 0 unspecified atom stereocenters. The fourth-order valence-electron chi connectivity index (χ4n) is 2.61. The zero-order valence-electron chi connectivity index (χ0n) is 13.7. The van der Waals surface area contributed by atoms with Crippen LogP contribution >= 0.6 is 0 Å². The van der Waals surface area contributed by atoms with Crippen molar-refractivity contribution in [2.45, 2.75) is 6.10 Å². The van der Waals surface area contributed by atoms with E-state index in [9.17, 15) is 4.79 Å². The van der Waals surface area contributed by atoms with Gasteiger partial charge in [0.25, 0.3) is 5.91 Å². The summed E-state index contributed by atoms with van der Waals surface area (Å²) in [5.74, 6) is 0.0932. The molecule has 0 aliphatic carbocycles. The maximum Gasteiger partial charge on any atom is 0.276 e. The molecule has 0 N–H and O–H groups in total. The Labute approximate surface area is 149 Å². The summed E-state index contributed by atoms with van der Waals surface area (Å²) in [6.45, 7) is 0.830. The quantitative estimate of drug-likeness (QED) is 0.709. The van der Waals surface area contributed by atoms with Gasteiger partial charge in [0.2, 0.25) is 5.88 Å². The van der Waals surface area contributed by atoms with Gasteiger partial charge in [-0.05, 0) is 24.3 Å². The zero-order chi connectivity index (χ0) is 17.9. The van der Waals surface area contributed by atoms with Crippen LogP contribution < -0.4 is 4.74 Å². The maximum atomic E-state index is 12.5. The van der Waals surface area contributed by atoms with Gasteiger partial charge >= 0.3 is 0 Å². The minimum absolute atomic E-state index is 0.190. The summed E-state index contributed by atoms with van der Waals surface area (Å²) in [6, 6.07) is 14.7. The standard InChI is InChI=1S/C18H14N6O2/c19-9-13-5-4-8-20-17(13)26-15-11-23(12-15)18(25)16-10-21-24(22-16)14-6-2-1-3-7-14/h1-8,10,15H,11-12H2. The molecule has 1 amide bonds. The van der Waals surface area contributed by atoms with E-state index in [-0.39, 0.29) is 17.7 Å². The number of para-hydroxylation sites is 1. The lowest BCUT2D eigenvalue weighted by Gasteiger charge is -2.38. The van der Waals surface area contributed by atoms with E-state index in [1.165, 1.54) is 11.0 Å². The highest BCUT2D eigenvalue weighted by molar-refractivity contribution is 5.92. The summed E-state index contributed by atoms with van der Waals surface area (Å²) >= 11 is 0. The molecule has 0 saturated carbocycles. The average Bonchev–Trinajstić information content (AvgIpc) is 3.15. The number of benzene rings is 1. The van der Waals surface area contributed by atoms with Crippen molar-refractivity contribution < 1.29 is 9.53 Å². The van der Waals surface area contributed by atoms with Crippen LogP contribution in [0.25, 0.3) is 5.69 Å². The highest BCUT2D eigenvalue weighted by Gasteiger charge is 2.34. The van der Waals surface area contributed by atoms with Crippen molar-refractivity contribution in [2.24, 2.45) is 0 Å². The summed E-state index contributed by atoms with van der Waals surface area (Å²) < 4.78 is 5.69. The molecule has 1 aromatic carbocycles. The molecule has 26 heavy (non-hydrogen) atoms. The number of rotatable bonds is 4. The predicted octanol–water partition coefficient (Wildman–Crippen LogP) is 1.44. The molecule has 128 valence electrons. The Bertz CT molecular complexity index is 973. The summed E-state index contributed by atoms with van der Waals surface area (Å²) in [4.78, 5) is 19.6. The number of hydrogen-bond acceptors (Lipinski definition) is 6. The number of amides is 1. The summed E-state index contributed by atoms with van der Waals surface area (Å²) in [5, 5.41) is 17.4. The van der Waals surface area contributed by atoms with E-state index in [0.717, 1.165) is 5.69 Å². The van der Waals surface area contributed by atoms with Crippen molar-refractivity contribution in [3.63, 3.8) is 0 Å². The van der Waals surface area contributed by atoms with E-state index in [0.29, 0.717) is 24.5 Å². The van der Waals surface area contributed by atoms with Crippen LogP contribution in [0.15, 0.2) is 54.9 Å². The third kappa shape index (κ3) is 2.98.